The molecule has 0 aromatic rings. The second-order valence-electron chi connectivity index (χ2n) is 2.85. The van der Waals surface area contributed by atoms with E-state index in [2.05, 4.69) is 5.32 Å². The van der Waals surface area contributed by atoms with Crippen LogP contribution in [0.2, 0.25) is 0 Å². The first kappa shape index (κ1) is 4.77. The lowest BCUT2D eigenvalue weighted by molar-refractivity contribution is 0.145. The number of fused-ring (bicyclic) bond motifs is 2. The SMILES string of the molecule is O[C@@H]1C[C@@H]2CC[C@H]1N2. The average molecular weight is 113 g/mol. The molecule has 0 aliphatic carbocycles. The molecule has 2 aliphatic heterocycles. The van der Waals surface area contributed by atoms with E-state index in [0.29, 0.717) is 12.1 Å². The second-order valence-corrected chi connectivity index (χ2v) is 2.85. The molecule has 46 valence electrons. The Hall–Kier alpha value is -0.0800. The first-order valence-electron chi connectivity index (χ1n) is 3.30. The number of hydrogen-bond acceptors (Lipinski definition) is 2. The predicted octanol–water partition coefficient (Wildman–Crippen LogP) is -0.128. The highest BCUT2D eigenvalue weighted by Gasteiger charge is 2.37. The molecule has 0 saturated carbocycles. The Kier molecular flexibility index (Phi) is 0.866. The van der Waals surface area contributed by atoms with Gasteiger partial charge in [-0.2, -0.15) is 0 Å². The van der Waals surface area contributed by atoms with Crippen LogP contribution in [0.15, 0.2) is 0 Å². The van der Waals surface area contributed by atoms with Crippen LogP contribution in [0.3, 0.4) is 0 Å². The summed E-state index contributed by atoms with van der Waals surface area (Å²) in [6.07, 6.45) is 3.42. The molecule has 2 rings (SSSR count). The summed E-state index contributed by atoms with van der Waals surface area (Å²) in [7, 11) is 0. The third-order valence-electron chi connectivity index (χ3n) is 2.27. The van der Waals surface area contributed by atoms with Gasteiger partial charge in [0, 0.05) is 12.1 Å². The summed E-state index contributed by atoms with van der Waals surface area (Å²) in [4.78, 5) is 0. The van der Waals surface area contributed by atoms with E-state index in [1.807, 2.05) is 0 Å². The van der Waals surface area contributed by atoms with E-state index >= 15 is 0 Å². The van der Waals surface area contributed by atoms with Crippen LogP contribution in [0.25, 0.3) is 0 Å². The van der Waals surface area contributed by atoms with Gasteiger partial charge in [-0.05, 0) is 19.3 Å². The van der Waals surface area contributed by atoms with Gasteiger partial charge >= 0.3 is 0 Å². The number of rotatable bonds is 0. The first-order chi connectivity index (χ1) is 3.86. The minimum absolute atomic E-state index is 0.0336. The zero-order chi connectivity index (χ0) is 5.56. The Morgan fingerprint density at radius 1 is 1.38 bits per heavy atom. The normalized spacial score (nSPS) is 52.9. The van der Waals surface area contributed by atoms with Gasteiger partial charge in [0.15, 0.2) is 0 Å². The Labute approximate surface area is 48.9 Å². The average Bonchev–Trinajstić information content (AvgIpc) is 2.23. The predicted molar refractivity (Wildman–Crippen MR) is 30.6 cm³/mol. The van der Waals surface area contributed by atoms with Crippen LogP contribution in [0.1, 0.15) is 19.3 Å². The highest BCUT2D eigenvalue weighted by atomic mass is 16.3. The summed E-state index contributed by atoms with van der Waals surface area (Å²) in [6, 6.07) is 1.09. The monoisotopic (exact) mass is 113 g/mol. The lowest BCUT2D eigenvalue weighted by Gasteiger charge is -2.12. The maximum Gasteiger partial charge on any atom is 0.0708 e. The summed E-state index contributed by atoms with van der Waals surface area (Å²) >= 11 is 0. The van der Waals surface area contributed by atoms with Crippen molar-refractivity contribution in [3.8, 4) is 0 Å². The zero-order valence-corrected chi connectivity index (χ0v) is 4.80. The van der Waals surface area contributed by atoms with E-state index in [0.717, 1.165) is 6.42 Å². The maximum atomic E-state index is 9.16. The van der Waals surface area contributed by atoms with Gasteiger partial charge in [-0.15, -0.1) is 0 Å². The molecule has 2 aliphatic rings. The van der Waals surface area contributed by atoms with E-state index in [1.165, 1.54) is 12.8 Å². The minimum atomic E-state index is -0.0336. The first-order valence-corrected chi connectivity index (χ1v) is 3.30. The molecule has 8 heavy (non-hydrogen) atoms. The van der Waals surface area contributed by atoms with Gasteiger partial charge in [-0.25, -0.2) is 0 Å². The molecule has 0 aromatic carbocycles. The highest BCUT2D eigenvalue weighted by Crippen LogP contribution is 2.27. The molecule has 0 radical (unpaired) electrons. The highest BCUT2D eigenvalue weighted by molar-refractivity contribution is 4.97. The van der Waals surface area contributed by atoms with Crippen molar-refractivity contribution < 1.29 is 5.11 Å². The molecule has 0 spiro atoms. The van der Waals surface area contributed by atoms with Crippen LogP contribution in [-0.4, -0.2) is 23.3 Å². The second kappa shape index (κ2) is 1.45. The Balaban J connectivity index is 2.11. The van der Waals surface area contributed by atoms with E-state index in [-0.39, 0.29) is 6.10 Å². The third-order valence-corrected chi connectivity index (χ3v) is 2.27. The molecule has 0 unspecified atom stereocenters. The molecule has 2 nitrogen and oxygen atoms in total. The van der Waals surface area contributed by atoms with E-state index in [9.17, 15) is 0 Å². The van der Waals surface area contributed by atoms with Gasteiger partial charge in [0.25, 0.3) is 0 Å². The Bertz CT molecular complexity index is 103. The Morgan fingerprint density at radius 3 is 2.50 bits per heavy atom. The fourth-order valence-corrected chi connectivity index (χ4v) is 1.80. The smallest absolute Gasteiger partial charge is 0.0708 e. The molecule has 2 heteroatoms. The fraction of sp³-hybridized carbons (Fsp3) is 1.00. The van der Waals surface area contributed by atoms with Crippen molar-refractivity contribution >= 4 is 0 Å². The molecule has 3 atom stereocenters. The van der Waals surface area contributed by atoms with Gasteiger partial charge in [-0.1, -0.05) is 0 Å². The van der Waals surface area contributed by atoms with Gasteiger partial charge in [0.05, 0.1) is 6.10 Å². The topological polar surface area (TPSA) is 32.3 Å². The van der Waals surface area contributed by atoms with Crippen molar-refractivity contribution in [3.63, 3.8) is 0 Å². The molecular weight excluding hydrogens is 102 g/mol. The van der Waals surface area contributed by atoms with E-state index < -0.39 is 0 Å². The van der Waals surface area contributed by atoms with Gasteiger partial charge in [-0.3, -0.25) is 0 Å². The summed E-state index contributed by atoms with van der Waals surface area (Å²) in [5.41, 5.74) is 0. The van der Waals surface area contributed by atoms with E-state index in [1.54, 1.807) is 0 Å². The number of hydrogen-bond donors (Lipinski definition) is 2. The number of nitrogens with one attached hydrogen (secondary N) is 1. The molecule has 2 N–H and O–H groups in total. The third kappa shape index (κ3) is 0.501. The van der Waals surface area contributed by atoms with Crippen LogP contribution in [0, 0.1) is 0 Å². The molecule has 2 fully saturated rings. The molecule has 0 aromatic heterocycles. The molecular formula is C6H11NO. The molecule has 0 amide bonds. The van der Waals surface area contributed by atoms with Crippen LogP contribution < -0.4 is 5.32 Å². The number of aliphatic hydroxyl groups excluding tert-OH is 1. The minimum Gasteiger partial charge on any atom is -0.391 e. The van der Waals surface area contributed by atoms with E-state index in [4.69, 9.17) is 5.11 Å². The van der Waals surface area contributed by atoms with Crippen molar-refractivity contribution in [3.05, 3.63) is 0 Å². The zero-order valence-electron chi connectivity index (χ0n) is 4.80. The van der Waals surface area contributed by atoms with Gasteiger partial charge in [0.2, 0.25) is 0 Å². The van der Waals surface area contributed by atoms with Gasteiger partial charge < -0.3 is 10.4 Å². The van der Waals surface area contributed by atoms with Gasteiger partial charge in [0.1, 0.15) is 0 Å². The Morgan fingerprint density at radius 2 is 2.25 bits per heavy atom. The van der Waals surface area contributed by atoms with Crippen LogP contribution in [0.4, 0.5) is 0 Å². The summed E-state index contributed by atoms with van der Waals surface area (Å²) in [5.74, 6) is 0. The van der Waals surface area contributed by atoms with Crippen LogP contribution >= 0.6 is 0 Å². The van der Waals surface area contributed by atoms with Crippen molar-refractivity contribution in [2.45, 2.75) is 37.5 Å². The fourth-order valence-electron chi connectivity index (χ4n) is 1.80. The quantitative estimate of drug-likeness (QED) is 0.458. The molecule has 2 saturated heterocycles. The summed E-state index contributed by atoms with van der Waals surface area (Å²) in [6.45, 7) is 0. The largest absolute Gasteiger partial charge is 0.391 e. The van der Waals surface area contributed by atoms with Crippen LogP contribution in [0.5, 0.6) is 0 Å². The molecule has 2 heterocycles. The summed E-state index contributed by atoms with van der Waals surface area (Å²) in [5, 5.41) is 12.5. The number of aliphatic hydroxyl groups is 1. The van der Waals surface area contributed by atoms with Crippen molar-refractivity contribution in [1.82, 2.24) is 5.32 Å². The molecule has 2 bridgehead atoms. The maximum absolute atomic E-state index is 9.16. The lowest BCUT2D eigenvalue weighted by Crippen LogP contribution is -2.26. The van der Waals surface area contributed by atoms with Crippen molar-refractivity contribution in [1.29, 1.82) is 0 Å². The van der Waals surface area contributed by atoms with Crippen LogP contribution in [-0.2, 0) is 0 Å². The van der Waals surface area contributed by atoms with Crippen molar-refractivity contribution in [2.75, 3.05) is 0 Å². The van der Waals surface area contributed by atoms with Crippen molar-refractivity contribution in [2.24, 2.45) is 0 Å². The summed E-state index contributed by atoms with van der Waals surface area (Å²) < 4.78 is 0. The standard InChI is InChI=1S/C6H11NO/c8-6-3-4-1-2-5(6)7-4/h4-8H,1-3H2/t4-,5+,6+/m0/s1. The lowest BCUT2D eigenvalue weighted by atomic mass is 9.98.